The van der Waals surface area contributed by atoms with E-state index < -0.39 is 11.8 Å². The third-order valence-electron chi connectivity index (χ3n) is 5.00. The van der Waals surface area contributed by atoms with E-state index in [2.05, 4.69) is 12.2 Å². The van der Waals surface area contributed by atoms with Gasteiger partial charge < -0.3 is 16.0 Å². The number of nitrogens with two attached hydrogens (primary N) is 1. The molecule has 2 aromatic rings. The standard InChI is InChI=1S/C22H25N3O3/c1-2-3-4-15-5-11-19(12-6-15)25-14-17(13-20(25)26)22(28)24-18-9-7-16(8-10-18)21(23)27/h5-12,17H,2-4,13-14H2,1H3,(H2,23,27)(H,24,28). The van der Waals surface area contributed by atoms with Gasteiger partial charge in [-0.3, -0.25) is 14.4 Å². The first-order valence-electron chi connectivity index (χ1n) is 9.58. The van der Waals surface area contributed by atoms with Gasteiger partial charge >= 0.3 is 0 Å². The number of nitrogens with zero attached hydrogens (tertiary/aromatic N) is 1. The van der Waals surface area contributed by atoms with Crippen molar-refractivity contribution >= 4 is 29.1 Å². The summed E-state index contributed by atoms with van der Waals surface area (Å²) < 4.78 is 0. The molecule has 6 heteroatoms. The molecule has 1 heterocycles. The molecule has 1 aliphatic rings. The van der Waals surface area contributed by atoms with Gasteiger partial charge in [-0.1, -0.05) is 25.5 Å². The second kappa shape index (κ2) is 8.69. The Bertz CT molecular complexity index is 860. The summed E-state index contributed by atoms with van der Waals surface area (Å²) in [6.07, 6.45) is 3.51. The van der Waals surface area contributed by atoms with Gasteiger partial charge in [0.15, 0.2) is 0 Å². The summed E-state index contributed by atoms with van der Waals surface area (Å²) in [6, 6.07) is 14.4. The number of carbonyl (C=O) groups excluding carboxylic acids is 3. The second-order valence-electron chi connectivity index (χ2n) is 7.11. The Kier molecular flexibility index (Phi) is 6.09. The van der Waals surface area contributed by atoms with E-state index in [1.54, 1.807) is 29.2 Å². The molecule has 0 bridgehead atoms. The monoisotopic (exact) mass is 379 g/mol. The molecule has 0 aromatic heterocycles. The van der Waals surface area contributed by atoms with Crippen LogP contribution in [0, 0.1) is 5.92 Å². The minimum atomic E-state index is -0.518. The zero-order chi connectivity index (χ0) is 20.1. The zero-order valence-corrected chi connectivity index (χ0v) is 16.0. The summed E-state index contributed by atoms with van der Waals surface area (Å²) in [6.45, 7) is 2.52. The van der Waals surface area contributed by atoms with Gasteiger partial charge in [-0.25, -0.2) is 0 Å². The third-order valence-corrected chi connectivity index (χ3v) is 5.00. The number of amides is 3. The Morgan fingerprint density at radius 3 is 2.39 bits per heavy atom. The summed E-state index contributed by atoms with van der Waals surface area (Å²) in [5.74, 6) is -1.19. The van der Waals surface area contributed by atoms with Crippen LogP contribution in [0.1, 0.15) is 42.1 Å². The van der Waals surface area contributed by atoms with E-state index in [4.69, 9.17) is 5.73 Å². The Hall–Kier alpha value is -3.15. The number of rotatable bonds is 7. The smallest absolute Gasteiger partial charge is 0.248 e. The summed E-state index contributed by atoms with van der Waals surface area (Å²) in [5.41, 5.74) is 8.24. The number of hydrogen-bond acceptors (Lipinski definition) is 3. The first-order valence-corrected chi connectivity index (χ1v) is 9.58. The SMILES string of the molecule is CCCCc1ccc(N2CC(C(=O)Nc3ccc(C(N)=O)cc3)CC2=O)cc1. The van der Waals surface area contributed by atoms with Crippen molar-refractivity contribution in [3.63, 3.8) is 0 Å². The highest BCUT2D eigenvalue weighted by atomic mass is 16.2. The number of hydrogen-bond donors (Lipinski definition) is 2. The Balaban J connectivity index is 1.61. The summed E-state index contributed by atoms with van der Waals surface area (Å²) in [7, 11) is 0. The minimum absolute atomic E-state index is 0.0504. The van der Waals surface area contributed by atoms with Crippen molar-refractivity contribution < 1.29 is 14.4 Å². The third kappa shape index (κ3) is 4.57. The topological polar surface area (TPSA) is 92.5 Å². The molecular formula is C22H25N3O3. The lowest BCUT2D eigenvalue weighted by molar-refractivity contribution is -0.122. The van der Waals surface area contributed by atoms with Crippen molar-refractivity contribution in [2.75, 3.05) is 16.8 Å². The zero-order valence-electron chi connectivity index (χ0n) is 16.0. The molecular weight excluding hydrogens is 354 g/mol. The normalized spacial score (nSPS) is 16.2. The lowest BCUT2D eigenvalue weighted by atomic mass is 10.1. The number of anilines is 2. The summed E-state index contributed by atoms with van der Waals surface area (Å²) in [4.78, 5) is 37.7. The summed E-state index contributed by atoms with van der Waals surface area (Å²) in [5, 5.41) is 2.80. The molecule has 3 N–H and O–H groups in total. The van der Waals surface area contributed by atoms with Crippen LogP contribution in [0.5, 0.6) is 0 Å². The van der Waals surface area contributed by atoms with Crippen LogP contribution in [0.2, 0.25) is 0 Å². The van der Waals surface area contributed by atoms with Gasteiger partial charge in [-0.2, -0.15) is 0 Å². The molecule has 1 fully saturated rings. The quantitative estimate of drug-likeness (QED) is 0.774. The van der Waals surface area contributed by atoms with Crippen molar-refractivity contribution in [1.29, 1.82) is 0 Å². The van der Waals surface area contributed by atoms with Gasteiger partial charge in [-0.15, -0.1) is 0 Å². The van der Waals surface area contributed by atoms with Crippen LogP contribution in [0.4, 0.5) is 11.4 Å². The molecule has 28 heavy (non-hydrogen) atoms. The van der Waals surface area contributed by atoms with Crippen molar-refractivity contribution in [2.24, 2.45) is 11.7 Å². The maximum Gasteiger partial charge on any atom is 0.248 e. The van der Waals surface area contributed by atoms with Crippen LogP contribution in [0.15, 0.2) is 48.5 Å². The van der Waals surface area contributed by atoms with Crippen LogP contribution in [-0.4, -0.2) is 24.3 Å². The number of unbranched alkanes of at least 4 members (excludes halogenated alkanes) is 1. The molecule has 0 aliphatic carbocycles. The van der Waals surface area contributed by atoms with Crippen LogP contribution in [0.25, 0.3) is 0 Å². The fourth-order valence-electron chi connectivity index (χ4n) is 3.32. The average molecular weight is 379 g/mol. The van der Waals surface area contributed by atoms with E-state index in [-0.39, 0.29) is 18.2 Å². The molecule has 2 aromatic carbocycles. The maximum absolute atomic E-state index is 12.5. The van der Waals surface area contributed by atoms with E-state index in [1.807, 2.05) is 24.3 Å². The number of nitrogens with one attached hydrogen (secondary N) is 1. The maximum atomic E-state index is 12.5. The molecule has 3 amide bonds. The molecule has 1 aliphatic heterocycles. The molecule has 6 nitrogen and oxygen atoms in total. The molecule has 146 valence electrons. The fourth-order valence-corrected chi connectivity index (χ4v) is 3.32. The van der Waals surface area contributed by atoms with E-state index in [9.17, 15) is 14.4 Å². The lowest BCUT2D eigenvalue weighted by Gasteiger charge is -2.17. The highest BCUT2D eigenvalue weighted by Crippen LogP contribution is 2.26. The predicted molar refractivity (Wildman–Crippen MR) is 109 cm³/mol. The average Bonchev–Trinajstić information content (AvgIpc) is 3.09. The fraction of sp³-hybridized carbons (Fsp3) is 0.318. The van der Waals surface area contributed by atoms with Crippen LogP contribution in [-0.2, 0) is 16.0 Å². The highest BCUT2D eigenvalue weighted by molar-refractivity contribution is 6.03. The van der Waals surface area contributed by atoms with Crippen molar-refractivity contribution in [2.45, 2.75) is 32.6 Å². The Morgan fingerprint density at radius 2 is 1.79 bits per heavy atom. The van der Waals surface area contributed by atoms with Gasteiger partial charge in [0.1, 0.15) is 0 Å². The Morgan fingerprint density at radius 1 is 1.11 bits per heavy atom. The van der Waals surface area contributed by atoms with Crippen LogP contribution >= 0.6 is 0 Å². The van der Waals surface area contributed by atoms with Crippen molar-refractivity contribution in [3.05, 3.63) is 59.7 Å². The van der Waals surface area contributed by atoms with E-state index >= 15 is 0 Å². The number of aryl methyl sites for hydroxylation is 1. The molecule has 3 rings (SSSR count). The highest BCUT2D eigenvalue weighted by Gasteiger charge is 2.35. The number of primary amides is 1. The number of benzene rings is 2. The van der Waals surface area contributed by atoms with E-state index in [0.717, 1.165) is 24.9 Å². The molecule has 0 saturated carbocycles. The van der Waals surface area contributed by atoms with Crippen molar-refractivity contribution in [1.82, 2.24) is 0 Å². The molecule has 1 unspecified atom stereocenters. The predicted octanol–water partition coefficient (Wildman–Crippen LogP) is 3.12. The van der Waals surface area contributed by atoms with E-state index in [0.29, 0.717) is 17.8 Å². The lowest BCUT2D eigenvalue weighted by Crippen LogP contribution is -2.28. The van der Waals surface area contributed by atoms with Crippen LogP contribution in [0.3, 0.4) is 0 Å². The Labute approximate surface area is 164 Å². The number of carbonyl (C=O) groups is 3. The van der Waals surface area contributed by atoms with E-state index in [1.165, 1.54) is 5.56 Å². The largest absolute Gasteiger partial charge is 0.366 e. The van der Waals surface area contributed by atoms with Gasteiger partial charge in [-0.05, 0) is 54.8 Å². The van der Waals surface area contributed by atoms with Gasteiger partial charge in [0.05, 0.1) is 5.92 Å². The molecule has 1 saturated heterocycles. The van der Waals surface area contributed by atoms with Crippen molar-refractivity contribution in [3.8, 4) is 0 Å². The molecule has 1 atom stereocenters. The molecule has 0 spiro atoms. The van der Waals surface area contributed by atoms with Gasteiger partial charge in [0, 0.05) is 29.9 Å². The second-order valence-corrected chi connectivity index (χ2v) is 7.11. The first-order chi connectivity index (χ1) is 13.5. The van der Waals surface area contributed by atoms with Gasteiger partial charge in [0.2, 0.25) is 17.7 Å². The summed E-state index contributed by atoms with van der Waals surface area (Å²) >= 11 is 0. The molecule has 0 radical (unpaired) electrons. The van der Waals surface area contributed by atoms with Crippen LogP contribution < -0.4 is 16.0 Å². The van der Waals surface area contributed by atoms with Gasteiger partial charge in [0.25, 0.3) is 0 Å². The minimum Gasteiger partial charge on any atom is -0.366 e. The first kappa shape index (κ1) is 19.6.